The molecule has 8 heteroatoms. The fraction of sp³-hybridized carbons (Fsp3) is 0.217. The van der Waals surface area contributed by atoms with E-state index in [9.17, 15) is 14.9 Å². The van der Waals surface area contributed by atoms with Gasteiger partial charge in [0.2, 0.25) is 0 Å². The fourth-order valence-electron chi connectivity index (χ4n) is 3.53. The molecular formula is C23H21N3O4S. The molecule has 1 heterocycles. The highest BCUT2D eigenvalue weighted by Crippen LogP contribution is 2.31. The molecule has 0 atom stereocenters. The second-order valence-corrected chi connectivity index (χ2v) is 7.87. The van der Waals surface area contributed by atoms with Crippen molar-refractivity contribution in [2.75, 3.05) is 19.7 Å². The van der Waals surface area contributed by atoms with Crippen molar-refractivity contribution in [1.82, 2.24) is 4.90 Å². The van der Waals surface area contributed by atoms with Crippen LogP contribution in [-0.2, 0) is 5.75 Å². The van der Waals surface area contributed by atoms with E-state index in [1.807, 2.05) is 49.4 Å². The Morgan fingerprint density at radius 1 is 1.19 bits per heavy atom. The Bertz CT molecular complexity index is 1180. The number of fused-ring (bicyclic) bond motifs is 1. The normalized spacial score (nSPS) is 13.3. The number of amidine groups is 1. The number of nitro groups is 1. The van der Waals surface area contributed by atoms with Gasteiger partial charge in [0, 0.05) is 24.4 Å². The molecule has 4 rings (SSSR count). The van der Waals surface area contributed by atoms with Gasteiger partial charge in [-0.3, -0.25) is 24.8 Å². The van der Waals surface area contributed by atoms with E-state index in [0.29, 0.717) is 41.9 Å². The van der Waals surface area contributed by atoms with Gasteiger partial charge >= 0.3 is 0 Å². The topological polar surface area (TPSA) is 85.0 Å². The summed E-state index contributed by atoms with van der Waals surface area (Å²) in [6.07, 6.45) is 0. The highest BCUT2D eigenvalue weighted by molar-refractivity contribution is 8.13. The number of non-ortho nitro benzene ring substituents is 1. The summed E-state index contributed by atoms with van der Waals surface area (Å²) in [5.74, 6) is 0.891. The van der Waals surface area contributed by atoms with Crippen molar-refractivity contribution in [1.29, 1.82) is 0 Å². The van der Waals surface area contributed by atoms with E-state index >= 15 is 0 Å². The molecule has 0 saturated heterocycles. The van der Waals surface area contributed by atoms with Crippen molar-refractivity contribution >= 4 is 39.3 Å². The Hall–Kier alpha value is -3.39. The number of carbonyl (C=O) groups excluding carboxylic acids is 1. The van der Waals surface area contributed by atoms with Gasteiger partial charge in [-0.2, -0.15) is 0 Å². The number of thioether (sulfide) groups is 1. The third kappa shape index (κ3) is 4.39. The molecule has 7 nitrogen and oxygen atoms in total. The maximum atomic E-state index is 13.6. The molecule has 31 heavy (non-hydrogen) atoms. The molecule has 0 aromatic heterocycles. The van der Waals surface area contributed by atoms with E-state index in [1.165, 1.54) is 17.8 Å². The van der Waals surface area contributed by atoms with Crippen LogP contribution in [0.3, 0.4) is 0 Å². The molecule has 1 aliphatic heterocycles. The summed E-state index contributed by atoms with van der Waals surface area (Å²) in [5, 5.41) is 13.4. The molecule has 0 N–H and O–H groups in total. The molecule has 0 fully saturated rings. The molecule has 3 aromatic carbocycles. The zero-order chi connectivity index (χ0) is 21.8. The van der Waals surface area contributed by atoms with Gasteiger partial charge in [0.1, 0.15) is 5.75 Å². The van der Waals surface area contributed by atoms with Gasteiger partial charge in [-0.25, -0.2) is 0 Å². The minimum absolute atomic E-state index is 0.0523. The van der Waals surface area contributed by atoms with E-state index in [4.69, 9.17) is 4.74 Å². The van der Waals surface area contributed by atoms with Crippen LogP contribution >= 0.6 is 11.8 Å². The summed E-state index contributed by atoms with van der Waals surface area (Å²) in [6.45, 7) is 3.37. The van der Waals surface area contributed by atoms with Crippen molar-refractivity contribution in [3.8, 4) is 5.75 Å². The van der Waals surface area contributed by atoms with Crippen molar-refractivity contribution in [2.24, 2.45) is 4.99 Å². The number of nitrogens with zero attached hydrogens (tertiary/aromatic N) is 3. The molecule has 0 bridgehead atoms. The van der Waals surface area contributed by atoms with Crippen molar-refractivity contribution < 1.29 is 14.5 Å². The monoisotopic (exact) mass is 435 g/mol. The van der Waals surface area contributed by atoms with Gasteiger partial charge in [-0.05, 0) is 29.3 Å². The molecular weight excluding hydrogens is 414 g/mol. The molecule has 3 aromatic rings. The van der Waals surface area contributed by atoms with Crippen molar-refractivity contribution in [3.63, 3.8) is 0 Å². The van der Waals surface area contributed by atoms with Gasteiger partial charge in [-0.1, -0.05) is 54.2 Å². The van der Waals surface area contributed by atoms with E-state index in [0.717, 1.165) is 16.3 Å². The minimum atomic E-state index is -0.410. The standard InChI is InChI=1S/C23H21N3O4S/c1-2-30-20-11-10-17-7-3-4-9-19(17)21(20)22(27)25-13-12-24-23(25)31-15-16-6-5-8-18(14-16)26(28)29/h3-11,14H,2,12-13,15H2,1H3. The lowest BCUT2D eigenvalue weighted by Crippen LogP contribution is -2.33. The van der Waals surface area contributed by atoms with Gasteiger partial charge in [-0.15, -0.1) is 0 Å². The largest absolute Gasteiger partial charge is 0.493 e. The quantitative estimate of drug-likeness (QED) is 0.406. The van der Waals surface area contributed by atoms with Crippen LogP contribution in [0.15, 0.2) is 65.7 Å². The molecule has 0 aliphatic carbocycles. The predicted octanol–water partition coefficient (Wildman–Crippen LogP) is 4.89. The number of hydrogen-bond acceptors (Lipinski definition) is 6. The highest BCUT2D eigenvalue weighted by Gasteiger charge is 2.29. The average Bonchev–Trinajstić information content (AvgIpc) is 3.26. The maximum absolute atomic E-state index is 13.6. The van der Waals surface area contributed by atoms with Gasteiger partial charge < -0.3 is 4.74 Å². The van der Waals surface area contributed by atoms with Crippen LogP contribution in [0.4, 0.5) is 5.69 Å². The van der Waals surface area contributed by atoms with E-state index in [-0.39, 0.29) is 11.6 Å². The second-order valence-electron chi connectivity index (χ2n) is 6.93. The Kier molecular flexibility index (Phi) is 6.18. The van der Waals surface area contributed by atoms with Crippen LogP contribution in [0.5, 0.6) is 5.75 Å². The number of ether oxygens (including phenoxy) is 1. The molecule has 0 saturated carbocycles. The van der Waals surface area contributed by atoms with Crippen LogP contribution in [-0.4, -0.2) is 40.6 Å². The highest BCUT2D eigenvalue weighted by atomic mass is 32.2. The molecule has 0 unspecified atom stereocenters. The third-order valence-corrected chi connectivity index (χ3v) is 6.03. The van der Waals surface area contributed by atoms with E-state index < -0.39 is 4.92 Å². The number of aliphatic imine (C=N–C) groups is 1. The van der Waals surface area contributed by atoms with Crippen LogP contribution in [0, 0.1) is 10.1 Å². The van der Waals surface area contributed by atoms with Crippen LogP contribution in [0.2, 0.25) is 0 Å². The zero-order valence-corrected chi connectivity index (χ0v) is 17.8. The fourth-order valence-corrected chi connectivity index (χ4v) is 4.52. The number of rotatable bonds is 6. The molecule has 1 amide bonds. The lowest BCUT2D eigenvalue weighted by molar-refractivity contribution is -0.384. The Morgan fingerprint density at radius 2 is 2.03 bits per heavy atom. The minimum Gasteiger partial charge on any atom is -0.493 e. The zero-order valence-electron chi connectivity index (χ0n) is 17.0. The maximum Gasteiger partial charge on any atom is 0.269 e. The molecule has 1 aliphatic rings. The summed E-state index contributed by atoms with van der Waals surface area (Å²) in [5.41, 5.74) is 1.39. The first kappa shape index (κ1) is 20.9. The Labute approximate surface area is 183 Å². The average molecular weight is 436 g/mol. The van der Waals surface area contributed by atoms with E-state index in [2.05, 4.69) is 4.99 Å². The number of carbonyl (C=O) groups is 1. The number of nitro benzene ring substituents is 1. The van der Waals surface area contributed by atoms with Crippen LogP contribution < -0.4 is 4.74 Å². The first-order chi connectivity index (χ1) is 15.1. The summed E-state index contributed by atoms with van der Waals surface area (Å²) in [4.78, 5) is 30.4. The van der Waals surface area contributed by atoms with Gasteiger partial charge in [0.15, 0.2) is 5.17 Å². The molecule has 0 radical (unpaired) electrons. The predicted molar refractivity (Wildman–Crippen MR) is 123 cm³/mol. The smallest absolute Gasteiger partial charge is 0.269 e. The first-order valence-electron chi connectivity index (χ1n) is 9.95. The Balaban J connectivity index is 1.59. The molecule has 158 valence electrons. The van der Waals surface area contributed by atoms with Crippen LogP contribution in [0.1, 0.15) is 22.8 Å². The van der Waals surface area contributed by atoms with Crippen LogP contribution in [0.25, 0.3) is 10.8 Å². The first-order valence-corrected chi connectivity index (χ1v) is 10.9. The number of amides is 1. The summed E-state index contributed by atoms with van der Waals surface area (Å²) in [7, 11) is 0. The lowest BCUT2D eigenvalue weighted by atomic mass is 10.0. The second kappa shape index (κ2) is 9.18. The number of hydrogen-bond donors (Lipinski definition) is 0. The summed E-state index contributed by atoms with van der Waals surface area (Å²) >= 11 is 1.40. The molecule has 0 spiro atoms. The lowest BCUT2D eigenvalue weighted by Gasteiger charge is -2.21. The summed E-state index contributed by atoms with van der Waals surface area (Å²) in [6, 6.07) is 18.0. The van der Waals surface area contributed by atoms with E-state index in [1.54, 1.807) is 17.0 Å². The Morgan fingerprint density at radius 3 is 2.84 bits per heavy atom. The van der Waals surface area contributed by atoms with Gasteiger partial charge in [0.25, 0.3) is 11.6 Å². The third-order valence-electron chi connectivity index (χ3n) is 4.94. The number of benzene rings is 3. The van der Waals surface area contributed by atoms with Crippen molar-refractivity contribution in [2.45, 2.75) is 12.7 Å². The SMILES string of the molecule is CCOc1ccc2ccccc2c1C(=O)N1CCN=C1SCc1cccc([N+](=O)[O-])c1. The van der Waals surface area contributed by atoms with Gasteiger partial charge in [0.05, 0.1) is 23.6 Å². The van der Waals surface area contributed by atoms with Crippen molar-refractivity contribution in [3.05, 3.63) is 81.9 Å². The summed E-state index contributed by atoms with van der Waals surface area (Å²) < 4.78 is 5.77.